The van der Waals surface area contributed by atoms with Crippen LogP contribution in [0.3, 0.4) is 0 Å². The molecule has 0 aliphatic carbocycles. The SMILES string of the molecule is CON([O-])c1cc(N)ccc1[N+](=O)[O-]. The van der Waals surface area contributed by atoms with Gasteiger partial charge in [0.1, 0.15) is 5.69 Å². The van der Waals surface area contributed by atoms with Crippen LogP contribution in [-0.2, 0) is 4.84 Å². The third kappa shape index (κ3) is 1.90. The number of hydrogen-bond acceptors (Lipinski definition) is 6. The number of hydrogen-bond donors (Lipinski definition) is 1. The van der Waals surface area contributed by atoms with E-state index in [0.29, 0.717) is 0 Å². The Bertz CT molecular complexity index is 355. The van der Waals surface area contributed by atoms with Gasteiger partial charge in [0, 0.05) is 11.8 Å². The molecule has 0 amide bonds. The van der Waals surface area contributed by atoms with Crippen molar-refractivity contribution in [2.45, 2.75) is 0 Å². The van der Waals surface area contributed by atoms with Crippen LogP contribution in [0.1, 0.15) is 0 Å². The van der Waals surface area contributed by atoms with E-state index < -0.39 is 4.92 Å². The largest absolute Gasteiger partial charge is 0.733 e. The first-order chi connectivity index (χ1) is 6.56. The molecule has 0 radical (unpaired) electrons. The standard InChI is InChI=1S/C7H8N3O4/c1-14-10(13)7-4-5(8)2-3-6(7)9(11)12/h2-4H,8H2,1H3/q-1. The number of nitrogens with zero attached hydrogens (tertiary/aromatic N) is 2. The Morgan fingerprint density at radius 1 is 1.57 bits per heavy atom. The molecule has 7 heteroatoms. The molecule has 1 aromatic rings. The molecule has 0 fully saturated rings. The Labute approximate surface area is 79.4 Å². The van der Waals surface area contributed by atoms with E-state index in [9.17, 15) is 15.3 Å². The summed E-state index contributed by atoms with van der Waals surface area (Å²) < 4.78 is 0. The van der Waals surface area contributed by atoms with E-state index >= 15 is 0 Å². The average molecular weight is 198 g/mol. The van der Waals surface area contributed by atoms with Crippen molar-refractivity contribution in [1.29, 1.82) is 0 Å². The van der Waals surface area contributed by atoms with Gasteiger partial charge in [-0.25, -0.2) is 0 Å². The third-order valence-electron chi connectivity index (χ3n) is 1.56. The second-order valence-electron chi connectivity index (χ2n) is 2.44. The minimum atomic E-state index is -0.682. The van der Waals surface area contributed by atoms with Crippen LogP contribution in [0.4, 0.5) is 17.1 Å². The maximum absolute atomic E-state index is 11.0. The summed E-state index contributed by atoms with van der Waals surface area (Å²) in [7, 11) is 1.11. The molecule has 0 saturated heterocycles. The first-order valence-corrected chi connectivity index (χ1v) is 3.61. The minimum Gasteiger partial charge on any atom is -0.733 e. The third-order valence-corrected chi connectivity index (χ3v) is 1.56. The highest BCUT2D eigenvalue weighted by atomic mass is 16.9. The molecule has 0 aliphatic heterocycles. The van der Waals surface area contributed by atoms with Gasteiger partial charge in [-0.05, 0) is 12.1 Å². The van der Waals surface area contributed by atoms with Gasteiger partial charge >= 0.3 is 0 Å². The van der Waals surface area contributed by atoms with Crippen molar-refractivity contribution >= 4 is 17.1 Å². The summed E-state index contributed by atoms with van der Waals surface area (Å²) in [5, 5.41) is 21.6. The molecule has 0 atom stereocenters. The molecule has 0 bridgehead atoms. The van der Waals surface area contributed by atoms with E-state index in [2.05, 4.69) is 4.84 Å². The Balaban J connectivity index is 3.22. The molecular weight excluding hydrogens is 190 g/mol. The van der Waals surface area contributed by atoms with E-state index in [1.165, 1.54) is 12.1 Å². The van der Waals surface area contributed by atoms with Crippen LogP contribution in [0.2, 0.25) is 0 Å². The van der Waals surface area contributed by atoms with Gasteiger partial charge in [0.25, 0.3) is 5.69 Å². The predicted molar refractivity (Wildman–Crippen MR) is 50.4 cm³/mol. The lowest BCUT2D eigenvalue weighted by molar-refractivity contribution is -0.384. The average Bonchev–Trinajstić information content (AvgIpc) is 2.16. The van der Waals surface area contributed by atoms with Crippen LogP contribution < -0.4 is 11.0 Å². The number of nitro benzene ring substituents is 1. The molecule has 1 aromatic carbocycles. The zero-order valence-electron chi connectivity index (χ0n) is 7.34. The van der Waals surface area contributed by atoms with Crippen molar-refractivity contribution in [1.82, 2.24) is 0 Å². The Hall–Kier alpha value is -1.86. The Morgan fingerprint density at radius 2 is 2.21 bits per heavy atom. The second-order valence-corrected chi connectivity index (χ2v) is 2.44. The molecule has 0 saturated carbocycles. The summed E-state index contributed by atoms with van der Waals surface area (Å²) >= 11 is 0. The van der Waals surface area contributed by atoms with Gasteiger partial charge in [0.2, 0.25) is 0 Å². The molecule has 0 heterocycles. The number of rotatable bonds is 3. The summed E-state index contributed by atoms with van der Waals surface area (Å²) in [4.78, 5) is 14.1. The fourth-order valence-corrected chi connectivity index (χ4v) is 0.939. The van der Waals surface area contributed by atoms with Crippen molar-refractivity contribution < 1.29 is 9.76 Å². The quantitative estimate of drug-likeness (QED) is 0.442. The number of nitrogen functional groups attached to an aromatic ring is 1. The molecule has 2 N–H and O–H groups in total. The highest BCUT2D eigenvalue weighted by Crippen LogP contribution is 2.29. The number of anilines is 2. The monoisotopic (exact) mass is 198 g/mol. The van der Waals surface area contributed by atoms with Crippen molar-refractivity contribution in [2.24, 2.45) is 0 Å². The van der Waals surface area contributed by atoms with E-state index in [4.69, 9.17) is 5.73 Å². The minimum absolute atomic E-state index is 0.0362. The normalized spacial score (nSPS) is 9.86. The number of nitro groups is 1. The summed E-state index contributed by atoms with van der Waals surface area (Å²) in [6.07, 6.45) is 0. The van der Waals surface area contributed by atoms with Gasteiger partial charge in [-0.1, -0.05) is 0 Å². The van der Waals surface area contributed by atoms with Gasteiger partial charge in [0.15, 0.2) is 0 Å². The van der Waals surface area contributed by atoms with Crippen LogP contribution in [0.15, 0.2) is 18.2 Å². The summed E-state index contributed by atoms with van der Waals surface area (Å²) in [6, 6.07) is 3.66. The van der Waals surface area contributed by atoms with E-state index in [1.807, 2.05) is 0 Å². The lowest BCUT2D eigenvalue weighted by Crippen LogP contribution is -2.14. The highest BCUT2D eigenvalue weighted by molar-refractivity contribution is 5.67. The van der Waals surface area contributed by atoms with Crippen molar-refractivity contribution in [2.75, 3.05) is 18.1 Å². The van der Waals surface area contributed by atoms with Crippen LogP contribution in [0, 0.1) is 15.3 Å². The number of nitrogens with two attached hydrogens (primary N) is 1. The predicted octanol–water partition coefficient (Wildman–Crippen LogP) is 1.04. The fourth-order valence-electron chi connectivity index (χ4n) is 0.939. The van der Waals surface area contributed by atoms with Gasteiger partial charge in [-0.2, -0.15) is 0 Å². The molecule has 1 rings (SSSR count). The Kier molecular flexibility index (Phi) is 2.85. The molecule has 14 heavy (non-hydrogen) atoms. The second kappa shape index (κ2) is 3.90. The first-order valence-electron chi connectivity index (χ1n) is 3.61. The highest BCUT2D eigenvalue weighted by Gasteiger charge is 2.14. The maximum Gasteiger partial charge on any atom is 0.294 e. The van der Waals surface area contributed by atoms with Crippen LogP contribution in [0.5, 0.6) is 0 Å². The van der Waals surface area contributed by atoms with Crippen molar-refractivity contribution in [3.8, 4) is 0 Å². The van der Waals surface area contributed by atoms with Gasteiger partial charge in [-0.15, -0.1) is 0 Å². The number of benzene rings is 1. The van der Waals surface area contributed by atoms with Gasteiger partial charge in [0.05, 0.1) is 12.0 Å². The molecule has 0 spiro atoms. The topological polar surface area (TPSA) is 105 Å². The van der Waals surface area contributed by atoms with E-state index in [1.54, 1.807) is 0 Å². The first kappa shape index (κ1) is 10.2. The molecule has 76 valence electrons. The maximum atomic E-state index is 11.0. The van der Waals surface area contributed by atoms with Crippen LogP contribution in [-0.4, -0.2) is 12.0 Å². The van der Waals surface area contributed by atoms with Crippen molar-refractivity contribution in [3.63, 3.8) is 0 Å². The molecule has 0 aromatic heterocycles. The lowest BCUT2D eigenvalue weighted by atomic mass is 10.2. The summed E-state index contributed by atoms with van der Waals surface area (Å²) in [5.41, 5.74) is 5.05. The zero-order valence-corrected chi connectivity index (χ0v) is 7.34. The van der Waals surface area contributed by atoms with E-state index in [-0.39, 0.29) is 22.3 Å². The Morgan fingerprint density at radius 3 is 2.71 bits per heavy atom. The molecule has 0 aliphatic rings. The van der Waals surface area contributed by atoms with E-state index in [0.717, 1.165) is 13.2 Å². The zero-order chi connectivity index (χ0) is 10.7. The van der Waals surface area contributed by atoms with Gasteiger partial charge < -0.3 is 16.2 Å². The lowest BCUT2D eigenvalue weighted by Gasteiger charge is -2.26. The van der Waals surface area contributed by atoms with Gasteiger partial charge in [-0.3, -0.25) is 15.0 Å². The summed E-state index contributed by atoms with van der Waals surface area (Å²) in [5.74, 6) is 0. The smallest absolute Gasteiger partial charge is 0.294 e. The molecule has 0 unspecified atom stereocenters. The van der Waals surface area contributed by atoms with Crippen LogP contribution in [0.25, 0.3) is 0 Å². The fraction of sp³-hybridized carbons (Fsp3) is 0.143. The summed E-state index contributed by atoms with van der Waals surface area (Å²) in [6.45, 7) is 0. The van der Waals surface area contributed by atoms with Crippen molar-refractivity contribution in [3.05, 3.63) is 33.5 Å². The molecular formula is C7H8N3O4-. The van der Waals surface area contributed by atoms with Crippen LogP contribution >= 0.6 is 0 Å². The molecule has 7 nitrogen and oxygen atoms in total.